The van der Waals surface area contributed by atoms with Gasteiger partial charge < -0.3 is 10.4 Å². The molecule has 0 aromatic heterocycles. The maximum atomic E-state index is 13.7. The van der Waals surface area contributed by atoms with Crippen LogP contribution in [0.25, 0.3) is 0 Å². The monoisotopic (exact) mass is 331 g/mol. The molecule has 1 saturated carbocycles. The largest absolute Gasteiger partial charge is 0.391 e. The third kappa shape index (κ3) is 3.79. The summed E-state index contributed by atoms with van der Waals surface area (Å²) in [7, 11) is 0. The van der Waals surface area contributed by atoms with Crippen LogP contribution in [-0.2, 0) is 11.2 Å². The van der Waals surface area contributed by atoms with Gasteiger partial charge >= 0.3 is 0 Å². The predicted molar refractivity (Wildman–Crippen MR) is 86.4 cm³/mol. The van der Waals surface area contributed by atoms with Crippen molar-refractivity contribution >= 4 is 5.91 Å². The molecule has 2 aromatic carbocycles. The van der Waals surface area contributed by atoms with E-state index in [1.807, 2.05) is 30.3 Å². The van der Waals surface area contributed by atoms with Crippen molar-refractivity contribution in [3.63, 3.8) is 0 Å². The highest BCUT2D eigenvalue weighted by Gasteiger charge is 2.45. The number of aliphatic hydroxyl groups is 1. The molecule has 24 heavy (non-hydrogen) atoms. The van der Waals surface area contributed by atoms with Crippen molar-refractivity contribution in [2.45, 2.75) is 24.9 Å². The quantitative estimate of drug-likeness (QED) is 0.855. The standard InChI is InChI=1S/C19H19F2NO2/c20-17-8-4-7-14(18(17)21)15-10-16(15)19(24)22-11-13(23)9-12-5-2-1-3-6-12/h1-8,13,15-16,23H,9-11H2,(H,22,24). The zero-order chi connectivity index (χ0) is 17.1. The third-order valence-corrected chi connectivity index (χ3v) is 4.33. The Kier molecular flexibility index (Phi) is 4.90. The summed E-state index contributed by atoms with van der Waals surface area (Å²) in [6, 6.07) is 13.5. The van der Waals surface area contributed by atoms with E-state index in [4.69, 9.17) is 0 Å². The number of carbonyl (C=O) groups excluding carboxylic acids is 1. The molecule has 0 bridgehead atoms. The zero-order valence-corrected chi connectivity index (χ0v) is 13.1. The van der Waals surface area contributed by atoms with Gasteiger partial charge in [-0.2, -0.15) is 0 Å². The Morgan fingerprint density at radius 3 is 2.67 bits per heavy atom. The maximum Gasteiger partial charge on any atom is 0.223 e. The first-order chi connectivity index (χ1) is 11.6. The fraction of sp³-hybridized carbons (Fsp3) is 0.316. The van der Waals surface area contributed by atoms with Gasteiger partial charge in [-0.25, -0.2) is 8.78 Å². The number of rotatable bonds is 6. The Hall–Kier alpha value is -2.27. The number of benzene rings is 2. The molecule has 1 fully saturated rings. The van der Waals surface area contributed by atoms with E-state index in [0.29, 0.717) is 12.8 Å². The number of hydrogen-bond donors (Lipinski definition) is 2. The summed E-state index contributed by atoms with van der Waals surface area (Å²) in [6.45, 7) is 0.141. The van der Waals surface area contributed by atoms with Crippen LogP contribution in [0.4, 0.5) is 8.78 Å². The summed E-state index contributed by atoms with van der Waals surface area (Å²) in [6.07, 6.45) is 0.272. The number of aliphatic hydroxyl groups excluding tert-OH is 1. The molecule has 2 N–H and O–H groups in total. The molecule has 3 rings (SSSR count). The van der Waals surface area contributed by atoms with E-state index >= 15 is 0 Å². The van der Waals surface area contributed by atoms with E-state index in [2.05, 4.69) is 5.32 Å². The Balaban J connectivity index is 1.49. The first kappa shape index (κ1) is 16.6. The van der Waals surface area contributed by atoms with Crippen LogP contribution in [0.5, 0.6) is 0 Å². The molecule has 3 unspecified atom stereocenters. The minimum Gasteiger partial charge on any atom is -0.391 e. The molecule has 1 amide bonds. The Labute approximate surface area is 139 Å². The second-order valence-corrected chi connectivity index (χ2v) is 6.18. The number of amides is 1. The van der Waals surface area contributed by atoms with Gasteiger partial charge in [-0.05, 0) is 29.5 Å². The minimum atomic E-state index is -0.892. The SMILES string of the molecule is O=C(NCC(O)Cc1ccccc1)C1CC1c1cccc(F)c1F. The Morgan fingerprint density at radius 2 is 1.92 bits per heavy atom. The van der Waals surface area contributed by atoms with Crippen LogP contribution in [0.1, 0.15) is 23.5 Å². The number of halogens is 2. The van der Waals surface area contributed by atoms with Crippen molar-refractivity contribution in [2.24, 2.45) is 5.92 Å². The molecule has 0 radical (unpaired) electrons. The topological polar surface area (TPSA) is 49.3 Å². The van der Waals surface area contributed by atoms with Crippen LogP contribution in [0.15, 0.2) is 48.5 Å². The van der Waals surface area contributed by atoms with E-state index in [-0.39, 0.29) is 29.9 Å². The first-order valence-corrected chi connectivity index (χ1v) is 8.00. The number of hydrogen-bond acceptors (Lipinski definition) is 2. The molecule has 1 aliphatic carbocycles. The molecule has 0 heterocycles. The first-order valence-electron chi connectivity index (χ1n) is 8.00. The van der Waals surface area contributed by atoms with Crippen molar-refractivity contribution in [3.05, 3.63) is 71.3 Å². The summed E-state index contributed by atoms with van der Waals surface area (Å²) < 4.78 is 27.0. The summed E-state index contributed by atoms with van der Waals surface area (Å²) in [5.74, 6) is -2.63. The van der Waals surface area contributed by atoms with Gasteiger partial charge in [-0.3, -0.25) is 4.79 Å². The van der Waals surface area contributed by atoms with Gasteiger partial charge in [0.2, 0.25) is 5.91 Å². The molecule has 0 aliphatic heterocycles. The Bertz CT molecular complexity index is 721. The van der Waals surface area contributed by atoms with Gasteiger partial charge in [0, 0.05) is 18.9 Å². The minimum absolute atomic E-state index is 0.141. The second-order valence-electron chi connectivity index (χ2n) is 6.18. The molecular formula is C19H19F2NO2. The van der Waals surface area contributed by atoms with E-state index in [1.165, 1.54) is 12.1 Å². The molecule has 2 aromatic rings. The van der Waals surface area contributed by atoms with Crippen molar-refractivity contribution in [1.29, 1.82) is 0 Å². The van der Waals surface area contributed by atoms with Crippen molar-refractivity contribution in [2.75, 3.05) is 6.54 Å². The average Bonchev–Trinajstić information content (AvgIpc) is 3.37. The molecule has 1 aliphatic rings. The van der Waals surface area contributed by atoms with Crippen LogP contribution in [0.2, 0.25) is 0 Å². The van der Waals surface area contributed by atoms with E-state index in [9.17, 15) is 18.7 Å². The van der Waals surface area contributed by atoms with Gasteiger partial charge in [-0.1, -0.05) is 42.5 Å². The lowest BCUT2D eigenvalue weighted by molar-refractivity contribution is -0.122. The summed E-state index contributed by atoms with van der Waals surface area (Å²) >= 11 is 0. The summed E-state index contributed by atoms with van der Waals surface area (Å²) in [4.78, 5) is 12.1. The van der Waals surface area contributed by atoms with Crippen LogP contribution >= 0.6 is 0 Å². The highest BCUT2D eigenvalue weighted by Crippen LogP contribution is 2.48. The molecule has 0 saturated heterocycles. The fourth-order valence-electron chi connectivity index (χ4n) is 2.94. The molecule has 5 heteroatoms. The van der Waals surface area contributed by atoms with Crippen LogP contribution in [-0.4, -0.2) is 23.7 Å². The molecule has 3 nitrogen and oxygen atoms in total. The van der Waals surface area contributed by atoms with Crippen molar-refractivity contribution in [3.8, 4) is 0 Å². The molecule has 3 atom stereocenters. The zero-order valence-electron chi connectivity index (χ0n) is 13.1. The Morgan fingerprint density at radius 1 is 1.17 bits per heavy atom. The van der Waals surface area contributed by atoms with Gasteiger partial charge in [0.1, 0.15) is 0 Å². The van der Waals surface area contributed by atoms with Gasteiger partial charge in [0.15, 0.2) is 11.6 Å². The number of nitrogens with one attached hydrogen (secondary N) is 1. The van der Waals surface area contributed by atoms with Crippen LogP contribution < -0.4 is 5.32 Å². The fourth-order valence-corrected chi connectivity index (χ4v) is 2.94. The van der Waals surface area contributed by atoms with E-state index in [0.717, 1.165) is 11.6 Å². The van der Waals surface area contributed by atoms with E-state index < -0.39 is 17.7 Å². The summed E-state index contributed by atoms with van der Waals surface area (Å²) in [5.41, 5.74) is 1.24. The van der Waals surface area contributed by atoms with Gasteiger partial charge in [-0.15, -0.1) is 0 Å². The second kappa shape index (κ2) is 7.09. The average molecular weight is 331 g/mol. The van der Waals surface area contributed by atoms with E-state index in [1.54, 1.807) is 0 Å². The summed E-state index contributed by atoms with van der Waals surface area (Å²) in [5, 5.41) is 12.7. The van der Waals surface area contributed by atoms with Crippen LogP contribution in [0.3, 0.4) is 0 Å². The predicted octanol–water partition coefficient (Wildman–Crippen LogP) is 2.79. The van der Waals surface area contributed by atoms with Crippen molar-refractivity contribution in [1.82, 2.24) is 5.32 Å². The highest BCUT2D eigenvalue weighted by molar-refractivity contribution is 5.82. The van der Waals surface area contributed by atoms with Gasteiger partial charge in [0.05, 0.1) is 6.10 Å². The normalized spacial score (nSPS) is 20.5. The third-order valence-electron chi connectivity index (χ3n) is 4.33. The maximum absolute atomic E-state index is 13.7. The lowest BCUT2D eigenvalue weighted by Gasteiger charge is -2.12. The molecule has 126 valence electrons. The molecular weight excluding hydrogens is 312 g/mol. The highest BCUT2D eigenvalue weighted by atomic mass is 19.2. The lowest BCUT2D eigenvalue weighted by atomic mass is 10.1. The van der Waals surface area contributed by atoms with Crippen molar-refractivity contribution < 1.29 is 18.7 Å². The lowest BCUT2D eigenvalue weighted by Crippen LogP contribution is -2.34. The smallest absolute Gasteiger partial charge is 0.223 e. The van der Waals surface area contributed by atoms with Gasteiger partial charge in [0.25, 0.3) is 0 Å². The molecule has 0 spiro atoms. The van der Waals surface area contributed by atoms with Crippen LogP contribution in [0, 0.1) is 17.6 Å². The number of carbonyl (C=O) groups is 1.